The van der Waals surface area contributed by atoms with Crippen LogP contribution in [0.5, 0.6) is 0 Å². The van der Waals surface area contributed by atoms with E-state index in [1.807, 2.05) is 13.0 Å². The fourth-order valence-corrected chi connectivity index (χ4v) is 5.20. The first-order valence-electron chi connectivity index (χ1n) is 13.1. The van der Waals surface area contributed by atoms with Crippen molar-refractivity contribution in [2.24, 2.45) is 11.7 Å². The van der Waals surface area contributed by atoms with Gasteiger partial charge in [-0.05, 0) is 69.8 Å². The Morgan fingerprint density at radius 2 is 1.78 bits per heavy atom. The quantitative estimate of drug-likeness (QED) is 0.460. The fraction of sp³-hybridized carbons (Fsp3) is 0.556. The van der Waals surface area contributed by atoms with E-state index >= 15 is 0 Å². The summed E-state index contributed by atoms with van der Waals surface area (Å²) in [6.07, 6.45) is 3.80. The Kier molecular flexibility index (Phi) is 8.48. The predicted molar refractivity (Wildman–Crippen MR) is 145 cm³/mol. The molecule has 37 heavy (non-hydrogen) atoms. The predicted octanol–water partition coefficient (Wildman–Crippen LogP) is 3.09. The number of amides is 1. The van der Waals surface area contributed by atoms with E-state index in [1.165, 1.54) is 12.8 Å². The summed E-state index contributed by atoms with van der Waals surface area (Å²) in [7, 11) is 3.58. The minimum atomic E-state index is -0.624. The van der Waals surface area contributed by atoms with E-state index in [1.54, 1.807) is 0 Å². The average molecular weight is 510 g/mol. The van der Waals surface area contributed by atoms with Gasteiger partial charge in [-0.25, -0.2) is 9.97 Å². The molecule has 10 heteroatoms. The van der Waals surface area contributed by atoms with Gasteiger partial charge >= 0.3 is 5.97 Å². The zero-order valence-corrected chi connectivity index (χ0v) is 22.3. The van der Waals surface area contributed by atoms with Crippen LogP contribution in [0.4, 0.5) is 23.0 Å². The Morgan fingerprint density at radius 1 is 1.08 bits per heavy atom. The molecule has 2 heterocycles. The van der Waals surface area contributed by atoms with E-state index in [9.17, 15) is 9.59 Å². The third-order valence-corrected chi connectivity index (χ3v) is 7.44. The maximum Gasteiger partial charge on any atom is 0.308 e. The van der Waals surface area contributed by atoms with Crippen molar-refractivity contribution < 1.29 is 14.3 Å². The van der Waals surface area contributed by atoms with E-state index in [0.717, 1.165) is 63.1 Å². The number of rotatable bonds is 8. The lowest BCUT2D eigenvalue weighted by Gasteiger charge is -2.35. The first kappa shape index (κ1) is 26.7. The molecule has 1 aromatic carbocycles. The van der Waals surface area contributed by atoms with Crippen LogP contribution in [-0.4, -0.2) is 73.1 Å². The maximum atomic E-state index is 12.3. The van der Waals surface area contributed by atoms with Crippen molar-refractivity contribution in [3.63, 3.8) is 0 Å². The molecule has 200 valence electrons. The highest BCUT2D eigenvalue weighted by atomic mass is 16.5. The van der Waals surface area contributed by atoms with Crippen molar-refractivity contribution in [2.45, 2.75) is 52.0 Å². The van der Waals surface area contributed by atoms with Crippen LogP contribution < -0.4 is 21.3 Å². The lowest BCUT2D eigenvalue weighted by atomic mass is 9.86. The van der Waals surface area contributed by atoms with Crippen molar-refractivity contribution in [1.29, 1.82) is 0 Å². The zero-order valence-electron chi connectivity index (χ0n) is 22.3. The third-order valence-electron chi connectivity index (χ3n) is 7.44. The van der Waals surface area contributed by atoms with Crippen LogP contribution in [0.15, 0.2) is 18.2 Å². The number of hydrogen-bond donors (Lipinski definition) is 3. The summed E-state index contributed by atoms with van der Waals surface area (Å²) in [5.41, 5.74) is 9.68. The van der Waals surface area contributed by atoms with Crippen molar-refractivity contribution in [1.82, 2.24) is 14.9 Å². The highest BCUT2D eigenvalue weighted by molar-refractivity contribution is 5.96. The minimum Gasteiger partial charge on any atom is -0.469 e. The zero-order chi connectivity index (χ0) is 26.5. The summed E-state index contributed by atoms with van der Waals surface area (Å²) < 4.78 is 4.90. The summed E-state index contributed by atoms with van der Waals surface area (Å²) in [5, 5.41) is 6.80. The van der Waals surface area contributed by atoms with Crippen molar-refractivity contribution >= 4 is 34.9 Å². The number of primary amides is 1. The topological polar surface area (TPSA) is 126 Å². The second kappa shape index (κ2) is 11.8. The lowest BCUT2D eigenvalue weighted by Crippen LogP contribution is -2.44. The van der Waals surface area contributed by atoms with Crippen molar-refractivity contribution in [3.8, 4) is 0 Å². The molecule has 4 rings (SSSR count). The number of carbonyl (C=O) groups excluding carboxylic acids is 2. The molecule has 0 radical (unpaired) electrons. The Hall–Kier alpha value is -3.40. The van der Waals surface area contributed by atoms with Gasteiger partial charge in [0.25, 0.3) is 5.91 Å². The molecule has 1 aliphatic carbocycles. The monoisotopic (exact) mass is 509 g/mol. The number of esters is 1. The van der Waals surface area contributed by atoms with Gasteiger partial charge < -0.3 is 30.9 Å². The molecule has 1 saturated heterocycles. The molecule has 0 atom stereocenters. The van der Waals surface area contributed by atoms with Crippen LogP contribution in [0.2, 0.25) is 0 Å². The molecule has 1 aliphatic heterocycles. The van der Waals surface area contributed by atoms with Gasteiger partial charge in [-0.1, -0.05) is 6.92 Å². The molecule has 2 aliphatic rings. The highest BCUT2D eigenvalue weighted by Crippen LogP contribution is 2.30. The first-order valence-corrected chi connectivity index (χ1v) is 13.1. The van der Waals surface area contributed by atoms with E-state index in [2.05, 4.69) is 51.5 Å². The fourth-order valence-electron chi connectivity index (χ4n) is 5.20. The Balaban J connectivity index is 1.53. The van der Waals surface area contributed by atoms with Crippen LogP contribution in [0, 0.1) is 12.8 Å². The van der Waals surface area contributed by atoms with Gasteiger partial charge in [-0.3, -0.25) is 9.59 Å². The van der Waals surface area contributed by atoms with Gasteiger partial charge in [0.05, 0.1) is 18.7 Å². The summed E-state index contributed by atoms with van der Waals surface area (Å²) >= 11 is 0. The highest BCUT2D eigenvalue weighted by Gasteiger charge is 2.28. The van der Waals surface area contributed by atoms with E-state index in [0.29, 0.717) is 23.8 Å². The number of nitrogens with zero attached hydrogens (tertiary/aromatic N) is 4. The van der Waals surface area contributed by atoms with Crippen LogP contribution in [0.1, 0.15) is 54.4 Å². The molecule has 4 N–H and O–H groups in total. The number of nitrogens with two attached hydrogens (primary N) is 1. The molecule has 0 spiro atoms. The Bertz CT molecular complexity index is 1120. The number of anilines is 4. The van der Waals surface area contributed by atoms with Gasteiger partial charge in [0, 0.05) is 43.6 Å². The Labute approximate surface area is 219 Å². The van der Waals surface area contributed by atoms with Crippen LogP contribution in [0.25, 0.3) is 0 Å². The van der Waals surface area contributed by atoms with Gasteiger partial charge in [-0.15, -0.1) is 0 Å². The van der Waals surface area contributed by atoms with Crippen LogP contribution in [0.3, 0.4) is 0 Å². The molecule has 1 aromatic heterocycles. The Morgan fingerprint density at radius 3 is 2.38 bits per heavy atom. The van der Waals surface area contributed by atoms with Gasteiger partial charge in [0.1, 0.15) is 5.82 Å². The lowest BCUT2D eigenvalue weighted by molar-refractivity contribution is -0.146. The van der Waals surface area contributed by atoms with Crippen molar-refractivity contribution in [2.75, 3.05) is 55.9 Å². The SMILES string of the molecule is CCc1nc(C(N)=O)c(Nc2ccc(N3CCN(C)CC3)c(C)c2)nc1NC1CCC(C(=O)OC)CC1. The second-order valence-electron chi connectivity index (χ2n) is 10.1. The smallest absolute Gasteiger partial charge is 0.308 e. The number of hydrogen-bond acceptors (Lipinski definition) is 9. The number of aryl methyl sites for hydroxylation is 2. The average Bonchev–Trinajstić information content (AvgIpc) is 2.89. The molecular formula is C27H39N7O3. The van der Waals surface area contributed by atoms with E-state index < -0.39 is 5.91 Å². The molecule has 1 saturated carbocycles. The molecule has 2 fully saturated rings. The summed E-state index contributed by atoms with van der Waals surface area (Å²) in [4.78, 5) is 38.2. The number of carbonyl (C=O) groups is 2. The van der Waals surface area contributed by atoms with Gasteiger partial charge in [0.15, 0.2) is 11.5 Å². The number of nitrogens with one attached hydrogen (secondary N) is 2. The maximum absolute atomic E-state index is 12.3. The molecule has 0 unspecified atom stereocenters. The standard InChI is InChI=1S/C27H39N7O3/c1-5-21-25(29-19-8-6-18(7-9-19)27(36)37-4)32-26(23(31-21)24(28)35)30-20-10-11-22(17(2)16-20)34-14-12-33(3)13-15-34/h10-11,16,18-19H,5-9,12-15H2,1-4H3,(H2,28,35)(H2,29,30,32). The third kappa shape index (κ3) is 6.30. The molecule has 1 amide bonds. The first-order chi connectivity index (χ1) is 17.8. The second-order valence-corrected chi connectivity index (χ2v) is 10.1. The molecule has 2 aromatic rings. The normalized spacial score (nSPS) is 20.4. The number of piperazine rings is 1. The summed E-state index contributed by atoms with van der Waals surface area (Å²) in [6, 6.07) is 6.34. The van der Waals surface area contributed by atoms with Gasteiger partial charge in [-0.2, -0.15) is 0 Å². The number of methoxy groups -OCH3 is 1. The molecule has 0 bridgehead atoms. The van der Waals surface area contributed by atoms with Gasteiger partial charge in [0.2, 0.25) is 0 Å². The number of likely N-dealkylation sites (N-methyl/N-ethyl adjacent to an activating group) is 1. The van der Waals surface area contributed by atoms with Crippen LogP contribution in [-0.2, 0) is 16.0 Å². The van der Waals surface area contributed by atoms with Crippen LogP contribution >= 0.6 is 0 Å². The minimum absolute atomic E-state index is 0.0497. The number of benzene rings is 1. The summed E-state index contributed by atoms with van der Waals surface area (Å²) in [6.45, 7) is 8.15. The van der Waals surface area contributed by atoms with Crippen molar-refractivity contribution in [3.05, 3.63) is 35.2 Å². The molecule has 10 nitrogen and oxygen atoms in total. The number of ether oxygens (including phenoxy) is 1. The largest absolute Gasteiger partial charge is 0.469 e. The summed E-state index contributed by atoms with van der Waals surface area (Å²) in [5.74, 6) is 0.162. The van der Waals surface area contributed by atoms with E-state index in [-0.39, 0.29) is 23.6 Å². The molecular weight excluding hydrogens is 470 g/mol. The number of aromatic nitrogens is 2. The van der Waals surface area contributed by atoms with E-state index in [4.69, 9.17) is 15.5 Å².